The number of aromatic nitrogens is 2. The molecule has 0 amide bonds. The van der Waals surface area contributed by atoms with Crippen molar-refractivity contribution in [3.05, 3.63) is 66.8 Å². The molecule has 2 heterocycles. The van der Waals surface area contributed by atoms with Gasteiger partial charge in [-0.15, -0.1) is 0 Å². The maximum Gasteiger partial charge on any atom is 0.137 e. The second-order valence-corrected chi connectivity index (χ2v) is 3.74. The van der Waals surface area contributed by atoms with Crippen molar-refractivity contribution in [3.8, 4) is 0 Å². The van der Waals surface area contributed by atoms with Crippen molar-refractivity contribution in [2.75, 3.05) is 0 Å². The van der Waals surface area contributed by atoms with E-state index in [9.17, 15) is 0 Å². The van der Waals surface area contributed by atoms with Crippen molar-refractivity contribution in [1.29, 1.82) is 0 Å². The van der Waals surface area contributed by atoms with Crippen LogP contribution in [-0.4, -0.2) is 9.38 Å². The Morgan fingerprint density at radius 1 is 1.19 bits per heavy atom. The van der Waals surface area contributed by atoms with Crippen molar-refractivity contribution in [1.82, 2.24) is 9.38 Å². The van der Waals surface area contributed by atoms with Crippen LogP contribution in [0.4, 0.5) is 0 Å². The van der Waals surface area contributed by atoms with E-state index >= 15 is 0 Å². The number of rotatable bonds is 3. The highest BCUT2D eigenvalue weighted by molar-refractivity contribution is 5.71. The monoisotopic (exact) mass is 285 g/mol. The average Bonchev–Trinajstić information content (AvgIpc) is 3.00. The van der Waals surface area contributed by atoms with E-state index in [1.165, 1.54) is 0 Å². The molecule has 0 saturated heterocycles. The van der Waals surface area contributed by atoms with Gasteiger partial charge in [0.05, 0.1) is 5.69 Å². The minimum atomic E-state index is 0.718. The van der Waals surface area contributed by atoms with Gasteiger partial charge in [0, 0.05) is 18.1 Å². The van der Waals surface area contributed by atoms with Gasteiger partial charge in [0.2, 0.25) is 0 Å². The van der Waals surface area contributed by atoms with E-state index in [2.05, 4.69) is 11.6 Å². The molecule has 0 atom stereocenters. The van der Waals surface area contributed by atoms with E-state index < -0.39 is 0 Å². The van der Waals surface area contributed by atoms with Gasteiger partial charge in [-0.25, -0.2) is 4.98 Å². The Morgan fingerprint density at radius 2 is 1.86 bits per heavy atom. The Morgan fingerprint density at radius 3 is 2.43 bits per heavy atom. The molecule has 0 fully saturated rings. The molecule has 2 N–H and O–H groups in total. The van der Waals surface area contributed by atoms with Crippen LogP contribution in [0.15, 0.2) is 61.1 Å². The van der Waals surface area contributed by atoms with Gasteiger partial charge in [-0.05, 0) is 30.7 Å². The van der Waals surface area contributed by atoms with Crippen molar-refractivity contribution in [3.63, 3.8) is 0 Å². The summed E-state index contributed by atoms with van der Waals surface area (Å²) in [5.41, 5.74) is 9.02. The van der Waals surface area contributed by atoms with Gasteiger partial charge in [-0.2, -0.15) is 0 Å². The van der Waals surface area contributed by atoms with Crippen LogP contribution >= 0.6 is 0 Å². The summed E-state index contributed by atoms with van der Waals surface area (Å²) in [4.78, 5) is 4.47. The standard InChI is InChI=1S/C14H15N3.2C2H6/c1-3-12(15)8-7-11(2)13-10-17-9-5-4-6-14(17)16-13;2*1-2/h3-10H,2,15H2,1H3;2*1-2H3/b8-7-,12-3+;;. The second-order valence-electron chi connectivity index (χ2n) is 3.74. The Labute approximate surface area is 128 Å². The van der Waals surface area contributed by atoms with Gasteiger partial charge >= 0.3 is 0 Å². The SMILES string of the molecule is C=C(/C=C\C(N)=C/C)c1cn2ccccc2n1.CC.CC. The topological polar surface area (TPSA) is 43.3 Å². The molecular weight excluding hydrogens is 258 g/mol. The van der Waals surface area contributed by atoms with Gasteiger partial charge in [0.25, 0.3) is 0 Å². The lowest BCUT2D eigenvalue weighted by Crippen LogP contribution is -1.91. The molecule has 3 nitrogen and oxygen atoms in total. The van der Waals surface area contributed by atoms with E-state index in [-0.39, 0.29) is 0 Å². The molecule has 0 bridgehead atoms. The summed E-state index contributed by atoms with van der Waals surface area (Å²) in [5.74, 6) is 0. The van der Waals surface area contributed by atoms with Crippen molar-refractivity contribution in [2.24, 2.45) is 5.73 Å². The number of hydrogen-bond acceptors (Lipinski definition) is 2. The molecule has 2 aromatic heterocycles. The lowest BCUT2D eigenvalue weighted by atomic mass is 10.2. The highest BCUT2D eigenvalue weighted by Crippen LogP contribution is 2.14. The molecular formula is C18H27N3. The number of imidazole rings is 1. The Kier molecular flexibility index (Phi) is 9.35. The number of hydrogen-bond donors (Lipinski definition) is 1. The second kappa shape index (κ2) is 10.5. The van der Waals surface area contributed by atoms with Crippen molar-refractivity contribution >= 4 is 11.2 Å². The lowest BCUT2D eigenvalue weighted by molar-refractivity contribution is 1.19. The summed E-state index contributed by atoms with van der Waals surface area (Å²) in [5, 5.41) is 0. The third-order valence-corrected chi connectivity index (χ3v) is 2.50. The predicted molar refractivity (Wildman–Crippen MR) is 94.0 cm³/mol. The Hall–Kier alpha value is -2.29. The van der Waals surface area contributed by atoms with E-state index in [0.717, 1.165) is 22.6 Å². The van der Waals surface area contributed by atoms with E-state index in [4.69, 9.17) is 5.73 Å². The van der Waals surface area contributed by atoms with Gasteiger partial charge in [-0.3, -0.25) is 0 Å². The fourth-order valence-electron chi connectivity index (χ4n) is 1.47. The predicted octanol–water partition coefficient (Wildman–Crippen LogP) is 4.82. The first kappa shape index (κ1) is 18.7. The molecule has 0 aromatic carbocycles. The lowest BCUT2D eigenvalue weighted by Gasteiger charge is -1.93. The van der Waals surface area contributed by atoms with Crippen LogP contribution in [0.25, 0.3) is 11.2 Å². The normalized spacial score (nSPS) is 10.6. The van der Waals surface area contributed by atoms with Crippen LogP contribution in [0.2, 0.25) is 0 Å². The van der Waals surface area contributed by atoms with E-state index in [1.54, 1.807) is 0 Å². The first-order chi connectivity index (χ1) is 10.2. The van der Waals surface area contributed by atoms with Crippen molar-refractivity contribution in [2.45, 2.75) is 34.6 Å². The molecule has 0 spiro atoms. The van der Waals surface area contributed by atoms with Crippen molar-refractivity contribution < 1.29 is 0 Å². The molecule has 2 aromatic rings. The largest absolute Gasteiger partial charge is 0.399 e. The van der Waals surface area contributed by atoms with Crippen LogP contribution in [0.3, 0.4) is 0 Å². The summed E-state index contributed by atoms with van der Waals surface area (Å²) in [6, 6.07) is 5.89. The third-order valence-electron chi connectivity index (χ3n) is 2.50. The first-order valence-corrected chi connectivity index (χ1v) is 7.43. The number of pyridine rings is 1. The summed E-state index contributed by atoms with van der Waals surface area (Å²) < 4.78 is 1.97. The minimum Gasteiger partial charge on any atom is -0.399 e. The minimum absolute atomic E-state index is 0.718. The number of allylic oxidation sites excluding steroid dienone is 4. The molecule has 2 rings (SSSR count). The third kappa shape index (κ3) is 5.69. The molecule has 0 radical (unpaired) electrons. The molecule has 0 unspecified atom stereocenters. The summed E-state index contributed by atoms with van der Waals surface area (Å²) in [6.07, 6.45) is 9.45. The van der Waals surface area contributed by atoms with Gasteiger partial charge < -0.3 is 10.1 Å². The number of nitrogens with two attached hydrogens (primary N) is 1. The summed E-state index contributed by atoms with van der Waals surface area (Å²) in [6.45, 7) is 13.9. The zero-order chi connectivity index (χ0) is 16.3. The Bertz CT molecular complexity index is 571. The van der Waals surface area contributed by atoms with Gasteiger partial charge in [0.15, 0.2) is 0 Å². The van der Waals surface area contributed by atoms with Crippen LogP contribution in [0.5, 0.6) is 0 Å². The molecule has 0 aliphatic carbocycles. The zero-order valence-electron chi connectivity index (χ0n) is 13.8. The quantitative estimate of drug-likeness (QED) is 0.822. The highest BCUT2D eigenvalue weighted by atomic mass is 15.0. The zero-order valence-corrected chi connectivity index (χ0v) is 13.8. The molecule has 0 saturated carbocycles. The van der Waals surface area contributed by atoms with Crippen LogP contribution in [-0.2, 0) is 0 Å². The highest BCUT2D eigenvalue weighted by Gasteiger charge is 2.01. The Balaban J connectivity index is 0.000000921. The maximum atomic E-state index is 5.68. The molecule has 21 heavy (non-hydrogen) atoms. The molecule has 114 valence electrons. The van der Waals surface area contributed by atoms with Gasteiger partial charge in [0.1, 0.15) is 5.65 Å². The van der Waals surface area contributed by atoms with Crippen LogP contribution < -0.4 is 5.73 Å². The number of nitrogens with zero attached hydrogens (tertiary/aromatic N) is 2. The first-order valence-electron chi connectivity index (χ1n) is 7.43. The van der Waals surface area contributed by atoms with E-state index in [1.807, 2.05) is 87.8 Å². The number of fused-ring (bicyclic) bond motifs is 1. The maximum absolute atomic E-state index is 5.68. The fourth-order valence-corrected chi connectivity index (χ4v) is 1.47. The molecule has 0 aliphatic heterocycles. The average molecular weight is 285 g/mol. The van der Waals surface area contributed by atoms with Crippen LogP contribution in [0.1, 0.15) is 40.3 Å². The summed E-state index contributed by atoms with van der Waals surface area (Å²) >= 11 is 0. The van der Waals surface area contributed by atoms with Gasteiger partial charge in [-0.1, -0.05) is 52.5 Å². The van der Waals surface area contributed by atoms with E-state index in [0.29, 0.717) is 0 Å². The van der Waals surface area contributed by atoms with Crippen LogP contribution in [0, 0.1) is 0 Å². The molecule has 0 aliphatic rings. The fraction of sp³-hybridized carbons (Fsp3) is 0.278. The summed E-state index contributed by atoms with van der Waals surface area (Å²) in [7, 11) is 0. The smallest absolute Gasteiger partial charge is 0.137 e. The molecule has 3 heteroatoms.